The number of ether oxygens (including phenoxy) is 1. The molecule has 0 aliphatic heterocycles. The molecule has 0 unspecified atom stereocenters. The highest BCUT2D eigenvalue weighted by atomic mass is 16.5. The van der Waals surface area contributed by atoms with Crippen LogP contribution in [0.3, 0.4) is 0 Å². The van der Waals surface area contributed by atoms with Crippen molar-refractivity contribution in [1.82, 2.24) is 9.97 Å². The number of carbonyl (C=O) groups excluding carboxylic acids is 1. The van der Waals surface area contributed by atoms with Crippen molar-refractivity contribution >= 4 is 23.2 Å². The first-order valence-corrected chi connectivity index (χ1v) is 8.19. The van der Waals surface area contributed by atoms with Crippen LogP contribution >= 0.6 is 0 Å². The number of amides is 1. The van der Waals surface area contributed by atoms with E-state index >= 15 is 0 Å². The van der Waals surface area contributed by atoms with Crippen LogP contribution in [0.4, 0.5) is 17.3 Å². The highest BCUT2D eigenvalue weighted by Crippen LogP contribution is 2.25. The molecule has 3 rings (SSSR count). The van der Waals surface area contributed by atoms with Gasteiger partial charge in [0, 0.05) is 11.4 Å². The molecule has 3 aromatic rings. The zero-order valence-electron chi connectivity index (χ0n) is 14.9. The smallest absolute Gasteiger partial charge is 0.274 e. The van der Waals surface area contributed by atoms with Gasteiger partial charge in [-0.2, -0.15) is 0 Å². The second-order valence-corrected chi connectivity index (χ2v) is 5.87. The maximum atomic E-state index is 12.7. The van der Waals surface area contributed by atoms with Crippen LogP contribution in [0.1, 0.15) is 21.7 Å². The minimum atomic E-state index is -0.324. The summed E-state index contributed by atoms with van der Waals surface area (Å²) < 4.78 is 5.30. The Morgan fingerprint density at radius 2 is 1.77 bits per heavy atom. The Bertz CT molecular complexity index is 926. The number of anilines is 3. The summed E-state index contributed by atoms with van der Waals surface area (Å²) in [7, 11) is 1.57. The van der Waals surface area contributed by atoms with Crippen LogP contribution in [0.25, 0.3) is 0 Å². The van der Waals surface area contributed by atoms with Crippen LogP contribution in [-0.4, -0.2) is 23.0 Å². The van der Waals surface area contributed by atoms with Crippen molar-refractivity contribution in [1.29, 1.82) is 0 Å². The molecule has 0 saturated heterocycles. The Hall–Kier alpha value is -3.41. The van der Waals surface area contributed by atoms with E-state index in [0.29, 0.717) is 23.1 Å². The number of aromatic nitrogens is 2. The summed E-state index contributed by atoms with van der Waals surface area (Å²) in [6, 6.07) is 16.8. The summed E-state index contributed by atoms with van der Waals surface area (Å²) in [6.07, 6.45) is 0. The van der Waals surface area contributed by atoms with Crippen molar-refractivity contribution in [3.8, 4) is 5.75 Å². The fraction of sp³-hybridized carbons (Fsp3) is 0.150. The molecule has 0 atom stereocenters. The molecule has 0 radical (unpaired) electrons. The first-order chi connectivity index (χ1) is 12.5. The zero-order chi connectivity index (χ0) is 18.5. The van der Waals surface area contributed by atoms with Gasteiger partial charge >= 0.3 is 0 Å². The molecule has 0 bridgehead atoms. The van der Waals surface area contributed by atoms with Gasteiger partial charge in [-0.25, -0.2) is 9.97 Å². The van der Waals surface area contributed by atoms with E-state index in [-0.39, 0.29) is 11.6 Å². The molecule has 1 aromatic heterocycles. The topological polar surface area (TPSA) is 76.1 Å². The van der Waals surface area contributed by atoms with Crippen molar-refractivity contribution in [3.05, 3.63) is 71.5 Å². The van der Waals surface area contributed by atoms with E-state index in [0.717, 1.165) is 11.3 Å². The molecular weight excluding hydrogens is 328 g/mol. The van der Waals surface area contributed by atoms with Crippen molar-refractivity contribution in [2.24, 2.45) is 0 Å². The highest BCUT2D eigenvalue weighted by molar-refractivity contribution is 6.04. The van der Waals surface area contributed by atoms with Crippen LogP contribution in [0.5, 0.6) is 5.75 Å². The van der Waals surface area contributed by atoms with E-state index in [4.69, 9.17) is 4.74 Å². The molecule has 6 heteroatoms. The van der Waals surface area contributed by atoms with Gasteiger partial charge in [-0.05, 0) is 49.7 Å². The van der Waals surface area contributed by atoms with Crippen LogP contribution in [0.2, 0.25) is 0 Å². The molecule has 2 aromatic carbocycles. The Morgan fingerprint density at radius 1 is 1.00 bits per heavy atom. The summed E-state index contributed by atoms with van der Waals surface area (Å²) in [6.45, 7) is 3.77. The van der Waals surface area contributed by atoms with Gasteiger partial charge in [-0.3, -0.25) is 4.79 Å². The largest absolute Gasteiger partial charge is 0.495 e. The van der Waals surface area contributed by atoms with Crippen molar-refractivity contribution < 1.29 is 9.53 Å². The number of hydrogen-bond acceptors (Lipinski definition) is 5. The fourth-order valence-corrected chi connectivity index (χ4v) is 2.50. The van der Waals surface area contributed by atoms with E-state index in [2.05, 4.69) is 20.6 Å². The van der Waals surface area contributed by atoms with Gasteiger partial charge < -0.3 is 15.4 Å². The first-order valence-electron chi connectivity index (χ1n) is 8.19. The van der Waals surface area contributed by atoms with Crippen LogP contribution in [0.15, 0.2) is 54.6 Å². The molecule has 132 valence electrons. The molecule has 0 saturated carbocycles. The lowest BCUT2D eigenvalue weighted by molar-refractivity contribution is 0.102. The molecular formula is C20H20N4O2. The zero-order valence-corrected chi connectivity index (χ0v) is 14.9. The number of nitrogens with zero attached hydrogens (tertiary/aromatic N) is 2. The predicted molar refractivity (Wildman–Crippen MR) is 102 cm³/mol. The second kappa shape index (κ2) is 7.65. The summed E-state index contributed by atoms with van der Waals surface area (Å²) in [5, 5.41) is 5.96. The lowest BCUT2D eigenvalue weighted by atomic mass is 10.2. The third-order valence-corrected chi connectivity index (χ3v) is 3.72. The van der Waals surface area contributed by atoms with E-state index in [9.17, 15) is 4.79 Å². The van der Waals surface area contributed by atoms with Gasteiger partial charge in [0.25, 0.3) is 5.91 Å². The summed E-state index contributed by atoms with van der Waals surface area (Å²) in [5.41, 5.74) is 3.45. The number of carbonyl (C=O) groups is 1. The lowest BCUT2D eigenvalue weighted by Crippen LogP contribution is -2.16. The SMILES string of the molecule is COc1ccc(C)cc1NC(=O)c1cc(C)nc(Nc2ccccc2)n1. The van der Waals surface area contributed by atoms with Gasteiger partial charge in [-0.15, -0.1) is 0 Å². The Balaban J connectivity index is 1.85. The van der Waals surface area contributed by atoms with Gasteiger partial charge in [-0.1, -0.05) is 24.3 Å². The average molecular weight is 348 g/mol. The van der Waals surface area contributed by atoms with Crippen LogP contribution in [0, 0.1) is 13.8 Å². The van der Waals surface area contributed by atoms with Gasteiger partial charge in [0.05, 0.1) is 12.8 Å². The van der Waals surface area contributed by atoms with Crippen molar-refractivity contribution in [2.45, 2.75) is 13.8 Å². The summed E-state index contributed by atoms with van der Waals surface area (Å²) in [4.78, 5) is 21.3. The number of aryl methyl sites for hydroxylation is 2. The van der Waals surface area contributed by atoms with Gasteiger partial charge in [0.1, 0.15) is 11.4 Å². The molecule has 0 spiro atoms. The third kappa shape index (κ3) is 4.16. The van der Waals surface area contributed by atoms with E-state index in [1.807, 2.05) is 62.4 Å². The molecule has 6 nitrogen and oxygen atoms in total. The molecule has 26 heavy (non-hydrogen) atoms. The molecule has 2 N–H and O–H groups in total. The predicted octanol–water partition coefficient (Wildman–Crippen LogP) is 4.10. The first kappa shape index (κ1) is 17.4. The van der Waals surface area contributed by atoms with Gasteiger partial charge in [0.2, 0.25) is 5.95 Å². The fourth-order valence-electron chi connectivity index (χ4n) is 2.50. The molecule has 0 fully saturated rings. The maximum Gasteiger partial charge on any atom is 0.274 e. The number of benzene rings is 2. The van der Waals surface area contributed by atoms with Gasteiger partial charge in [0.15, 0.2) is 0 Å². The van der Waals surface area contributed by atoms with Crippen LogP contribution in [-0.2, 0) is 0 Å². The summed E-state index contributed by atoms with van der Waals surface area (Å²) in [5.74, 6) is 0.644. The van der Waals surface area contributed by atoms with E-state index < -0.39 is 0 Å². The number of rotatable bonds is 5. The molecule has 1 heterocycles. The third-order valence-electron chi connectivity index (χ3n) is 3.72. The highest BCUT2D eigenvalue weighted by Gasteiger charge is 2.13. The standard InChI is InChI=1S/C20H20N4O2/c1-13-9-10-18(26-3)16(11-13)23-19(25)17-12-14(2)21-20(24-17)22-15-7-5-4-6-8-15/h4-12H,1-3H3,(H,23,25)(H,21,22,24). The summed E-state index contributed by atoms with van der Waals surface area (Å²) >= 11 is 0. The molecule has 1 amide bonds. The number of nitrogens with one attached hydrogen (secondary N) is 2. The second-order valence-electron chi connectivity index (χ2n) is 5.87. The minimum absolute atomic E-state index is 0.277. The van der Waals surface area contributed by atoms with Crippen LogP contribution < -0.4 is 15.4 Å². The number of para-hydroxylation sites is 1. The quantitative estimate of drug-likeness (QED) is 0.726. The lowest BCUT2D eigenvalue weighted by Gasteiger charge is -2.12. The molecule has 0 aliphatic rings. The maximum absolute atomic E-state index is 12.7. The normalized spacial score (nSPS) is 10.3. The number of hydrogen-bond donors (Lipinski definition) is 2. The Labute approximate surface area is 152 Å². The Kier molecular flexibility index (Phi) is 5.12. The van der Waals surface area contributed by atoms with E-state index in [1.165, 1.54) is 0 Å². The van der Waals surface area contributed by atoms with Crippen molar-refractivity contribution in [3.63, 3.8) is 0 Å². The number of methoxy groups -OCH3 is 1. The average Bonchev–Trinajstić information content (AvgIpc) is 2.62. The van der Waals surface area contributed by atoms with E-state index in [1.54, 1.807) is 13.2 Å². The molecule has 0 aliphatic carbocycles. The Morgan fingerprint density at radius 3 is 2.50 bits per heavy atom. The monoisotopic (exact) mass is 348 g/mol. The van der Waals surface area contributed by atoms with Crippen molar-refractivity contribution in [2.75, 3.05) is 17.7 Å². The minimum Gasteiger partial charge on any atom is -0.495 e.